The van der Waals surface area contributed by atoms with Gasteiger partial charge in [0.15, 0.2) is 5.82 Å². The first kappa shape index (κ1) is 16.4. The molecule has 128 valence electrons. The Hall–Kier alpha value is -3.41. The van der Waals surface area contributed by atoms with Crippen molar-refractivity contribution in [2.45, 2.75) is 11.3 Å². The number of sulfonamides is 1. The molecule has 3 rings (SSSR count). The summed E-state index contributed by atoms with van der Waals surface area (Å²) >= 11 is 0. The van der Waals surface area contributed by atoms with Gasteiger partial charge < -0.3 is 5.32 Å². The van der Waals surface area contributed by atoms with E-state index in [1.807, 2.05) is 0 Å². The van der Waals surface area contributed by atoms with Gasteiger partial charge in [-0.1, -0.05) is 5.21 Å². The minimum atomic E-state index is -3.82. The van der Waals surface area contributed by atoms with E-state index in [0.29, 0.717) is 5.69 Å². The number of nitrogens with zero attached hydrogens (tertiary/aromatic N) is 5. The SMILES string of the molecule is O=C(Cc1nn[nH]n1)Nc1ccc(S(=O)(=O)Nc2ncccn2)cc1. The normalized spacial score (nSPS) is 11.0. The maximum Gasteiger partial charge on any atom is 0.264 e. The van der Waals surface area contributed by atoms with Crippen molar-refractivity contribution >= 4 is 27.6 Å². The monoisotopic (exact) mass is 360 g/mol. The number of H-pyrrole nitrogens is 1. The number of benzene rings is 1. The zero-order valence-electron chi connectivity index (χ0n) is 12.6. The van der Waals surface area contributed by atoms with Gasteiger partial charge in [-0.3, -0.25) is 4.79 Å². The van der Waals surface area contributed by atoms with Crippen molar-refractivity contribution in [1.82, 2.24) is 30.6 Å². The topological polar surface area (TPSA) is 156 Å². The Balaban J connectivity index is 1.66. The third-order valence-corrected chi connectivity index (χ3v) is 4.29. The molecule has 0 spiro atoms. The smallest absolute Gasteiger partial charge is 0.264 e. The molecule has 0 saturated heterocycles. The van der Waals surface area contributed by atoms with Gasteiger partial charge in [-0.25, -0.2) is 23.1 Å². The van der Waals surface area contributed by atoms with Gasteiger partial charge in [-0.05, 0) is 30.3 Å². The van der Waals surface area contributed by atoms with E-state index in [2.05, 4.69) is 40.6 Å². The van der Waals surface area contributed by atoms with Crippen LogP contribution in [0.1, 0.15) is 5.82 Å². The molecule has 0 bridgehead atoms. The lowest BCUT2D eigenvalue weighted by molar-refractivity contribution is -0.115. The van der Waals surface area contributed by atoms with Gasteiger partial charge in [0.25, 0.3) is 10.0 Å². The molecule has 3 aromatic rings. The van der Waals surface area contributed by atoms with Crippen LogP contribution in [-0.4, -0.2) is 44.9 Å². The summed E-state index contributed by atoms with van der Waals surface area (Å²) in [5.74, 6) is -0.128. The molecule has 0 aliphatic rings. The Morgan fingerprint density at radius 3 is 2.48 bits per heavy atom. The van der Waals surface area contributed by atoms with E-state index < -0.39 is 10.0 Å². The molecule has 12 heteroatoms. The molecule has 3 N–H and O–H groups in total. The van der Waals surface area contributed by atoms with Crippen molar-refractivity contribution < 1.29 is 13.2 Å². The maximum atomic E-state index is 12.2. The third-order valence-electron chi connectivity index (χ3n) is 2.95. The average molecular weight is 360 g/mol. The standard InChI is InChI=1S/C13H12N8O3S/c22-12(8-11-17-20-21-18-11)16-9-2-4-10(5-3-9)25(23,24)19-13-14-6-1-7-15-13/h1-7H,8H2,(H,16,22)(H,14,15,19)(H,17,18,20,21). The molecule has 11 nitrogen and oxygen atoms in total. The summed E-state index contributed by atoms with van der Waals surface area (Å²) in [7, 11) is -3.82. The molecule has 25 heavy (non-hydrogen) atoms. The Morgan fingerprint density at radius 2 is 1.84 bits per heavy atom. The van der Waals surface area contributed by atoms with Gasteiger partial charge >= 0.3 is 0 Å². The van der Waals surface area contributed by atoms with E-state index >= 15 is 0 Å². The summed E-state index contributed by atoms with van der Waals surface area (Å²) in [6, 6.07) is 7.22. The largest absolute Gasteiger partial charge is 0.326 e. The Kier molecular flexibility index (Phi) is 4.61. The zero-order valence-corrected chi connectivity index (χ0v) is 13.4. The number of nitrogens with one attached hydrogen (secondary N) is 3. The minimum Gasteiger partial charge on any atom is -0.326 e. The molecule has 0 saturated carbocycles. The minimum absolute atomic E-state index is 0.0103. The van der Waals surface area contributed by atoms with Crippen LogP contribution in [0.5, 0.6) is 0 Å². The fourth-order valence-corrected chi connectivity index (χ4v) is 2.81. The van der Waals surface area contributed by atoms with Crippen molar-refractivity contribution in [1.29, 1.82) is 0 Å². The van der Waals surface area contributed by atoms with Crippen LogP contribution in [0.25, 0.3) is 0 Å². The third kappa shape index (κ3) is 4.32. The number of carbonyl (C=O) groups excluding carboxylic acids is 1. The zero-order chi connectivity index (χ0) is 17.7. The summed E-state index contributed by atoms with van der Waals surface area (Å²) < 4.78 is 26.7. The molecule has 2 aromatic heterocycles. The Morgan fingerprint density at radius 1 is 1.12 bits per heavy atom. The molecule has 2 heterocycles. The van der Waals surface area contributed by atoms with Gasteiger partial charge in [0, 0.05) is 18.1 Å². The van der Waals surface area contributed by atoms with Crippen molar-refractivity contribution in [3.63, 3.8) is 0 Å². The van der Waals surface area contributed by atoms with Crippen LogP contribution < -0.4 is 10.0 Å². The molecular formula is C13H12N8O3S. The molecule has 0 aliphatic carbocycles. The van der Waals surface area contributed by atoms with E-state index in [9.17, 15) is 13.2 Å². The number of aromatic nitrogens is 6. The summed E-state index contributed by atoms with van der Waals surface area (Å²) in [6.07, 6.45) is 2.80. The highest BCUT2D eigenvalue weighted by atomic mass is 32.2. The number of aromatic amines is 1. The molecular weight excluding hydrogens is 348 g/mol. The van der Waals surface area contributed by atoms with Crippen LogP contribution in [0.4, 0.5) is 11.6 Å². The first-order valence-electron chi connectivity index (χ1n) is 6.95. The molecule has 0 unspecified atom stereocenters. The lowest BCUT2D eigenvalue weighted by Crippen LogP contribution is -2.16. The quantitative estimate of drug-likeness (QED) is 0.553. The van der Waals surface area contributed by atoms with Gasteiger partial charge in [-0.2, -0.15) is 5.21 Å². The fraction of sp³-hybridized carbons (Fsp3) is 0.0769. The predicted octanol–water partition coefficient (Wildman–Crippen LogP) is -0.0283. The van der Waals surface area contributed by atoms with Crippen molar-refractivity contribution in [3.8, 4) is 0 Å². The summed E-state index contributed by atoms with van der Waals surface area (Å²) in [4.78, 5) is 19.4. The van der Waals surface area contributed by atoms with Crippen molar-refractivity contribution in [2.75, 3.05) is 10.0 Å². The van der Waals surface area contributed by atoms with Gasteiger partial charge in [0.1, 0.15) is 0 Å². The number of tetrazole rings is 1. The number of hydrogen-bond donors (Lipinski definition) is 3. The molecule has 0 radical (unpaired) electrons. The van der Waals surface area contributed by atoms with Crippen LogP contribution in [0.15, 0.2) is 47.6 Å². The van der Waals surface area contributed by atoms with E-state index in [-0.39, 0.29) is 29.0 Å². The highest BCUT2D eigenvalue weighted by Crippen LogP contribution is 2.16. The van der Waals surface area contributed by atoms with Crippen LogP contribution >= 0.6 is 0 Å². The van der Waals surface area contributed by atoms with Gasteiger partial charge in [0.05, 0.1) is 11.3 Å². The van der Waals surface area contributed by atoms with Crippen LogP contribution in [0.3, 0.4) is 0 Å². The summed E-state index contributed by atoms with van der Waals surface area (Å²) in [6.45, 7) is 0. The summed E-state index contributed by atoms with van der Waals surface area (Å²) in [5, 5.41) is 15.6. The lowest BCUT2D eigenvalue weighted by Gasteiger charge is -2.08. The second-order valence-corrected chi connectivity index (χ2v) is 6.44. The molecule has 0 fully saturated rings. The average Bonchev–Trinajstić information content (AvgIpc) is 3.08. The van der Waals surface area contributed by atoms with Gasteiger partial charge in [-0.15, -0.1) is 10.2 Å². The molecule has 1 amide bonds. The predicted molar refractivity (Wildman–Crippen MR) is 85.8 cm³/mol. The van der Waals surface area contributed by atoms with Gasteiger partial charge in [0.2, 0.25) is 11.9 Å². The van der Waals surface area contributed by atoms with Crippen LogP contribution in [-0.2, 0) is 21.2 Å². The number of hydrogen-bond acceptors (Lipinski definition) is 8. The lowest BCUT2D eigenvalue weighted by atomic mass is 10.3. The highest BCUT2D eigenvalue weighted by molar-refractivity contribution is 7.92. The number of amides is 1. The Bertz CT molecular complexity index is 943. The van der Waals surface area contributed by atoms with Crippen molar-refractivity contribution in [3.05, 3.63) is 48.5 Å². The second-order valence-electron chi connectivity index (χ2n) is 4.76. The second kappa shape index (κ2) is 7.00. The van der Waals surface area contributed by atoms with Crippen LogP contribution in [0, 0.1) is 0 Å². The molecule has 1 aromatic carbocycles. The first-order valence-corrected chi connectivity index (χ1v) is 8.43. The van der Waals surface area contributed by atoms with E-state index in [1.54, 1.807) is 6.07 Å². The summed E-state index contributed by atoms with van der Waals surface area (Å²) in [5.41, 5.74) is 0.434. The number of carbonyl (C=O) groups is 1. The maximum absolute atomic E-state index is 12.2. The number of anilines is 2. The number of rotatable bonds is 6. The van der Waals surface area contributed by atoms with E-state index in [4.69, 9.17) is 0 Å². The Labute approximate surface area is 142 Å². The van der Waals surface area contributed by atoms with Crippen LogP contribution in [0.2, 0.25) is 0 Å². The fourth-order valence-electron chi connectivity index (χ4n) is 1.85. The first-order chi connectivity index (χ1) is 12.0. The van der Waals surface area contributed by atoms with Crippen molar-refractivity contribution in [2.24, 2.45) is 0 Å². The highest BCUT2D eigenvalue weighted by Gasteiger charge is 2.15. The molecule has 0 atom stereocenters. The van der Waals surface area contributed by atoms with E-state index in [1.165, 1.54) is 36.7 Å². The molecule has 0 aliphatic heterocycles. The van der Waals surface area contributed by atoms with E-state index in [0.717, 1.165) is 0 Å².